The Balaban J connectivity index is 1.92. The van der Waals surface area contributed by atoms with Crippen molar-refractivity contribution in [3.05, 3.63) is 83.9 Å². The second-order valence-corrected chi connectivity index (χ2v) is 8.35. The van der Waals surface area contributed by atoms with Gasteiger partial charge in [-0.2, -0.15) is 0 Å². The van der Waals surface area contributed by atoms with Gasteiger partial charge in [-0.15, -0.1) is 0 Å². The van der Waals surface area contributed by atoms with Crippen molar-refractivity contribution in [3.63, 3.8) is 0 Å². The van der Waals surface area contributed by atoms with Crippen molar-refractivity contribution in [1.82, 2.24) is 0 Å². The van der Waals surface area contributed by atoms with Crippen LogP contribution in [0.25, 0.3) is 0 Å². The summed E-state index contributed by atoms with van der Waals surface area (Å²) in [6.07, 6.45) is 0. The summed E-state index contributed by atoms with van der Waals surface area (Å²) in [5, 5.41) is 3.12. The number of hydrogen-bond acceptors (Lipinski definition) is 4. The minimum atomic E-state index is -3.99. The van der Waals surface area contributed by atoms with Crippen LogP contribution in [0.2, 0.25) is 5.02 Å². The van der Waals surface area contributed by atoms with E-state index in [0.29, 0.717) is 22.1 Å². The highest BCUT2D eigenvalue weighted by Gasteiger charge is 2.27. The Kier molecular flexibility index (Phi) is 6.41. The van der Waals surface area contributed by atoms with Crippen LogP contribution in [-0.4, -0.2) is 28.0 Å². The van der Waals surface area contributed by atoms with Crippen molar-refractivity contribution in [3.8, 4) is 5.75 Å². The summed E-state index contributed by atoms with van der Waals surface area (Å²) in [6, 6.07) is 21.1. The molecule has 1 amide bonds. The van der Waals surface area contributed by atoms with Gasteiger partial charge in [0, 0.05) is 5.02 Å². The molecule has 0 saturated heterocycles. The van der Waals surface area contributed by atoms with Crippen LogP contribution in [0, 0.1) is 0 Å². The van der Waals surface area contributed by atoms with E-state index in [9.17, 15) is 13.2 Å². The van der Waals surface area contributed by atoms with Crippen LogP contribution in [0.1, 0.15) is 0 Å². The standard InChI is InChI=1S/C21H19ClN2O4S/c1-28-20-10-6-5-9-19(20)23-21(25)15-24(17-7-3-2-4-8-17)29(26,27)18-13-11-16(22)12-14-18/h2-14H,15H2,1H3,(H,23,25). The Morgan fingerprint density at radius 1 is 0.966 bits per heavy atom. The normalized spacial score (nSPS) is 11.0. The molecule has 150 valence electrons. The average Bonchev–Trinajstić information content (AvgIpc) is 2.73. The van der Waals surface area contributed by atoms with Crippen molar-refractivity contribution in [2.75, 3.05) is 23.3 Å². The van der Waals surface area contributed by atoms with E-state index in [-0.39, 0.29) is 4.90 Å². The third kappa shape index (κ3) is 4.88. The molecule has 0 radical (unpaired) electrons. The van der Waals surface area contributed by atoms with Crippen LogP contribution in [0.4, 0.5) is 11.4 Å². The zero-order valence-electron chi connectivity index (χ0n) is 15.6. The van der Waals surface area contributed by atoms with Crippen LogP contribution < -0.4 is 14.4 Å². The van der Waals surface area contributed by atoms with Crippen molar-refractivity contribution in [2.45, 2.75) is 4.90 Å². The first-order chi connectivity index (χ1) is 13.9. The Bertz CT molecular complexity index is 1090. The molecule has 0 heterocycles. The lowest BCUT2D eigenvalue weighted by Crippen LogP contribution is -2.38. The molecular formula is C21H19ClN2O4S. The minimum absolute atomic E-state index is 0.0378. The molecule has 1 N–H and O–H groups in total. The number of methoxy groups -OCH3 is 1. The first-order valence-corrected chi connectivity index (χ1v) is 10.5. The van der Waals surface area contributed by atoms with Crippen molar-refractivity contribution < 1.29 is 17.9 Å². The molecule has 29 heavy (non-hydrogen) atoms. The monoisotopic (exact) mass is 430 g/mol. The SMILES string of the molecule is COc1ccccc1NC(=O)CN(c1ccccc1)S(=O)(=O)c1ccc(Cl)cc1. The summed E-state index contributed by atoms with van der Waals surface area (Å²) in [7, 11) is -2.50. The minimum Gasteiger partial charge on any atom is -0.495 e. The highest BCUT2D eigenvalue weighted by atomic mass is 35.5. The topological polar surface area (TPSA) is 75.7 Å². The summed E-state index contributed by atoms with van der Waals surface area (Å²) < 4.78 is 32.7. The van der Waals surface area contributed by atoms with Gasteiger partial charge in [0.1, 0.15) is 12.3 Å². The summed E-state index contributed by atoms with van der Waals surface area (Å²) in [5.41, 5.74) is 0.828. The lowest BCUT2D eigenvalue weighted by atomic mass is 10.3. The highest BCUT2D eigenvalue weighted by molar-refractivity contribution is 7.92. The van der Waals surface area contributed by atoms with Gasteiger partial charge in [0.05, 0.1) is 23.4 Å². The number of amides is 1. The van der Waals surface area contributed by atoms with E-state index in [1.54, 1.807) is 54.6 Å². The molecule has 0 spiro atoms. The Labute approximate surface area is 174 Å². The quantitative estimate of drug-likeness (QED) is 0.610. The number of anilines is 2. The summed E-state index contributed by atoms with van der Waals surface area (Å²) in [4.78, 5) is 12.7. The van der Waals surface area contributed by atoms with Crippen LogP contribution in [0.5, 0.6) is 5.75 Å². The summed E-state index contributed by atoms with van der Waals surface area (Å²) in [6.45, 7) is -0.410. The zero-order chi connectivity index (χ0) is 20.9. The Morgan fingerprint density at radius 2 is 1.59 bits per heavy atom. The lowest BCUT2D eigenvalue weighted by molar-refractivity contribution is -0.114. The number of para-hydroxylation sites is 3. The number of sulfonamides is 1. The number of carbonyl (C=O) groups excluding carboxylic acids is 1. The number of halogens is 1. The second kappa shape index (κ2) is 8.98. The van der Waals surface area contributed by atoms with E-state index in [1.807, 2.05) is 0 Å². The third-order valence-corrected chi connectivity index (χ3v) is 6.15. The lowest BCUT2D eigenvalue weighted by Gasteiger charge is -2.24. The molecule has 0 fully saturated rings. The average molecular weight is 431 g/mol. The molecule has 0 saturated carbocycles. The highest BCUT2D eigenvalue weighted by Crippen LogP contribution is 2.26. The first-order valence-electron chi connectivity index (χ1n) is 8.68. The fraction of sp³-hybridized carbons (Fsp3) is 0.0952. The largest absolute Gasteiger partial charge is 0.495 e. The summed E-state index contributed by atoms with van der Waals surface area (Å²) >= 11 is 5.88. The maximum Gasteiger partial charge on any atom is 0.264 e. The van der Waals surface area contributed by atoms with Crippen LogP contribution in [0.3, 0.4) is 0 Å². The number of benzene rings is 3. The van der Waals surface area contributed by atoms with Gasteiger partial charge < -0.3 is 10.1 Å². The van der Waals surface area contributed by atoms with Gasteiger partial charge in [0.25, 0.3) is 10.0 Å². The van der Waals surface area contributed by atoms with Crippen molar-refractivity contribution in [2.24, 2.45) is 0 Å². The molecule has 3 aromatic carbocycles. The second-order valence-electron chi connectivity index (χ2n) is 6.05. The Morgan fingerprint density at radius 3 is 2.24 bits per heavy atom. The van der Waals surface area contributed by atoms with E-state index in [1.165, 1.54) is 31.4 Å². The van der Waals surface area contributed by atoms with Crippen molar-refractivity contribution >= 4 is 38.9 Å². The zero-order valence-corrected chi connectivity index (χ0v) is 17.2. The number of nitrogens with one attached hydrogen (secondary N) is 1. The molecule has 8 heteroatoms. The molecule has 0 aliphatic heterocycles. The third-order valence-electron chi connectivity index (χ3n) is 4.11. The predicted molar refractivity (Wildman–Crippen MR) is 114 cm³/mol. The van der Waals surface area contributed by atoms with E-state index in [2.05, 4.69) is 5.32 Å². The number of rotatable bonds is 7. The van der Waals surface area contributed by atoms with Gasteiger partial charge in [-0.05, 0) is 48.5 Å². The summed E-state index contributed by atoms with van der Waals surface area (Å²) in [5.74, 6) is -0.0245. The van der Waals surface area contributed by atoms with E-state index in [0.717, 1.165) is 4.31 Å². The fourth-order valence-electron chi connectivity index (χ4n) is 2.71. The Hall–Kier alpha value is -3.03. The van der Waals surface area contributed by atoms with Gasteiger partial charge in [-0.25, -0.2) is 8.42 Å². The number of ether oxygens (including phenoxy) is 1. The molecule has 0 aromatic heterocycles. The van der Waals surface area contributed by atoms with E-state index < -0.39 is 22.5 Å². The van der Waals surface area contributed by atoms with Gasteiger partial charge in [0.2, 0.25) is 5.91 Å². The number of nitrogens with zero attached hydrogens (tertiary/aromatic N) is 1. The first kappa shape index (κ1) is 20.7. The number of carbonyl (C=O) groups is 1. The molecule has 0 unspecified atom stereocenters. The fourth-order valence-corrected chi connectivity index (χ4v) is 4.26. The van der Waals surface area contributed by atoms with E-state index >= 15 is 0 Å². The van der Waals surface area contributed by atoms with Crippen LogP contribution in [0.15, 0.2) is 83.8 Å². The maximum absolute atomic E-state index is 13.2. The molecule has 0 aliphatic carbocycles. The maximum atomic E-state index is 13.2. The van der Waals surface area contributed by atoms with Gasteiger partial charge >= 0.3 is 0 Å². The molecule has 0 bridgehead atoms. The smallest absolute Gasteiger partial charge is 0.264 e. The molecule has 3 rings (SSSR count). The van der Waals surface area contributed by atoms with Gasteiger partial charge in [-0.1, -0.05) is 41.9 Å². The van der Waals surface area contributed by atoms with Crippen LogP contribution in [-0.2, 0) is 14.8 Å². The van der Waals surface area contributed by atoms with Gasteiger partial charge in [-0.3, -0.25) is 9.10 Å². The van der Waals surface area contributed by atoms with Crippen LogP contribution >= 0.6 is 11.6 Å². The van der Waals surface area contributed by atoms with Gasteiger partial charge in [0.15, 0.2) is 0 Å². The molecule has 3 aromatic rings. The molecule has 6 nitrogen and oxygen atoms in total. The molecule has 0 atom stereocenters. The molecule has 0 aliphatic rings. The predicted octanol–water partition coefficient (Wildman–Crippen LogP) is 4.18. The van der Waals surface area contributed by atoms with E-state index in [4.69, 9.17) is 16.3 Å². The number of hydrogen-bond donors (Lipinski definition) is 1. The van der Waals surface area contributed by atoms with Crippen molar-refractivity contribution in [1.29, 1.82) is 0 Å². The molecular weight excluding hydrogens is 412 g/mol.